The van der Waals surface area contributed by atoms with E-state index in [0.717, 1.165) is 23.3 Å². The molecule has 0 radical (unpaired) electrons. The van der Waals surface area contributed by atoms with Gasteiger partial charge in [0.05, 0.1) is 15.6 Å². The van der Waals surface area contributed by atoms with Gasteiger partial charge in [-0.1, -0.05) is 53.5 Å². The van der Waals surface area contributed by atoms with Crippen LogP contribution in [-0.4, -0.2) is 9.97 Å². The molecule has 0 fully saturated rings. The third-order valence-corrected chi connectivity index (χ3v) is 3.60. The van der Waals surface area contributed by atoms with Gasteiger partial charge in [0, 0.05) is 6.42 Å². The Morgan fingerprint density at radius 1 is 1.00 bits per heavy atom. The molecule has 0 saturated heterocycles. The number of rotatable bonds is 2. The fraction of sp³-hybridized carbons (Fsp3) is 0.0714. The third-order valence-electron chi connectivity index (χ3n) is 2.81. The van der Waals surface area contributed by atoms with Crippen molar-refractivity contribution in [2.24, 2.45) is 0 Å². The second-order valence-corrected chi connectivity index (χ2v) is 4.89. The monoisotopic (exact) mass is 276 g/mol. The zero-order valence-electron chi connectivity index (χ0n) is 9.45. The number of aromatic nitrogens is 2. The average molecular weight is 277 g/mol. The molecule has 18 heavy (non-hydrogen) atoms. The van der Waals surface area contributed by atoms with Gasteiger partial charge in [0.1, 0.15) is 11.3 Å². The van der Waals surface area contributed by atoms with E-state index in [1.165, 1.54) is 5.56 Å². The van der Waals surface area contributed by atoms with E-state index in [1.807, 2.05) is 24.3 Å². The number of hydrogen-bond acceptors (Lipinski definition) is 1. The van der Waals surface area contributed by atoms with E-state index >= 15 is 0 Å². The maximum Gasteiger partial charge on any atom is 0.111 e. The SMILES string of the molecule is Clc1ccc2[nH]c(Cc3ccccc3)nc2c1Cl. The van der Waals surface area contributed by atoms with Crippen LogP contribution in [0, 0.1) is 0 Å². The van der Waals surface area contributed by atoms with E-state index in [9.17, 15) is 0 Å². The standard InChI is InChI=1S/C14H10Cl2N2/c15-10-6-7-11-14(13(10)16)18-12(17-11)8-9-4-2-1-3-5-9/h1-7H,8H2,(H,17,18). The van der Waals surface area contributed by atoms with E-state index in [1.54, 1.807) is 6.07 Å². The Bertz CT molecular complexity index is 690. The molecule has 0 bridgehead atoms. The molecule has 0 saturated carbocycles. The number of hydrogen-bond donors (Lipinski definition) is 1. The lowest BCUT2D eigenvalue weighted by Gasteiger charge is -1.96. The Balaban J connectivity index is 2.02. The highest BCUT2D eigenvalue weighted by Gasteiger charge is 2.09. The molecule has 3 rings (SSSR count). The van der Waals surface area contributed by atoms with Crippen LogP contribution < -0.4 is 0 Å². The lowest BCUT2D eigenvalue weighted by molar-refractivity contribution is 1.04. The Morgan fingerprint density at radius 2 is 1.78 bits per heavy atom. The Labute approximate surface area is 115 Å². The first-order valence-electron chi connectivity index (χ1n) is 5.60. The summed E-state index contributed by atoms with van der Waals surface area (Å²) in [5, 5.41) is 1.03. The Hall–Kier alpha value is -1.51. The van der Waals surface area contributed by atoms with E-state index in [0.29, 0.717) is 10.0 Å². The highest BCUT2D eigenvalue weighted by atomic mass is 35.5. The molecule has 0 aliphatic carbocycles. The number of benzene rings is 2. The fourth-order valence-electron chi connectivity index (χ4n) is 1.94. The van der Waals surface area contributed by atoms with Crippen LogP contribution in [0.2, 0.25) is 10.0 Å². The highest BCUT2D eigenvalue weighted by Crippen LogP contribution is 2.29. The summed E-state index contributed by atoms with van der Waals surface area (Å²) in [4.78, 5) is 7.75. The van der Waals surface area contributed by atoms with Gasteiger partial charge in [-0.05, 0) is 17.7 Å². The summed E-state index contributed by atoms with van der Waals surface area (Å²) in [7, 11) is 0. The van der Waals surface area contributed by atoms with Crippen molar-refractivity contribution in [2.75, 3.05) is 0 Å². The number of H-pyrrole nitrogens is 1. The Morgan fingerprint density at radius 3 is 2.56 bits per heavy atom. The van der Waals surface area contributed by atoms with Crippen molar-refractivity contribution in [1.29, 1.82) is 0 Å². The molecule has 0 aliphatic heterocycles. The molecule has 90 valence electrons. The summed E-state index contributed by atoms with van der Waals surface area (Å²) in [6, 6.07) is 13.8. The largest absolute Gasteiger partial charge is 0.342 e. The molecule has 0 atom stereocenters. The van der Waals surface area contributed by atoms with E-state index in [4.69, 9.17) is 23.2 Å². The fourth-order valence-corrected chi connectivity index (χ4v) is 2.30. The number of nitrogens with one attached hydrogen (secondary N) is 1. The second kappa shape index (κ2) is 4.63. The minimum Gasteiger partial charge on any atom is -0.342 e. The van der Waals surface area contributed by atoms with Crippen LogP contribution >= 0.6 is 23.2 Å². The van der Waals surface area contributed by atoms with Gasteiger partial charge in [0.2, 0.25) is 0 Å². The molecule has 4 heteroatoms. The van der Waals surface area contributed by atoms with Gasteiger partial charge in [-0.15, -0.1) is 0 Å². The van der Waals surface area contributed by atoms with Gasteiger partial charge in [-0.25, -0.2) is 4.98 Å². The summed E-state index contributed by atoms with van der Waals surface area (Å²) in [5.74, 6) is 0.889. The van der Waals surface area contributed by atoms with E-state index in [2.05, 4.69) is 22.1 Å². The van der Waals surface area contributed by atoms with Crippen molar-refractivity contribution in [3.63, 3.8) is 0 Å². The predicted octanol–water partition coefficient (Wildman–Crippen LogP) is 4.46. The number of nitrogens with zero attached hydrogens (tertiary/aromatic N) is 1. The summed E-state index contributed by atoms with van der Waals surface area (Å²) >= 11 is 12.1. The zero-order valence-corrected chi connectivity index (χ0v) is 11.0. The van der Waals surface area contributed by atoms with Crippen molar-refractivity contribution >= 4 is 34.2 Å². The summed E-state index contributed by atoms with van der Waals surface area (Å²) < 4.78 is 0. The molecule has 3 aromatic rings. The quantitative estimate of drug-likeness (QED) is 0.736. The molecule has 0 unspecified atom stereocenters. The van der Waals surface area contributed by atoms with Crippen LogP contribution in [0.5, 0.6) is 0 Å². The molecule has 1 aromatic heterocycles. The first-order chi connectivity index (χ1) is 8.74. The normalized spacial score (nSPS) is 11.0. The van der Waals surface area contributed by atoms with Crippen LogP contribution in [0.15, 0.2) is 42.5 Å². The molecule has 2 aromatic carbocycles. The highest BCUT2D eigenvalue weighted by molar-refractivity contribution is 6.44. The number of imidazole rings is 1. The minimum absolute atomic E-state index is 0.504. The van der Waals surface area contributed by atoms with Crippen LogP contribution in [0.4, 0.5) is 0 Å². The molecule has 0 spiro atoms. The van der Waals surface area contributed by atoms with E-state index in [-0.39, 0.29) is 0 Å². The van der Waals surface area contributed by atoms with Crippen LogP contribution in [0.25, 0.3) is 11.0 Å². The maximum absolute atomic E-state index is 6.13. The van der Waals surface area contributed by atoms with Gasteiger partial charge >= 0.3 is 0 Å². The molecular formula is C14H10Cl2N2. The molecule has 0 aliphatic rings. The van der Waals surface area contributed by atoms with Gasteiger partial charge in [-0.2, -0.15) is 0 Å². The number of fused-ring (bicyclic) bond motifs is 1. The minimum atomic E-state index is 0.504. The van der Waals surface area contributed by atoms with E-state index < -0.39 is 0 Å². The van der Waals surface area contributed by atoms with Crippen molar-refractivity contribution in [2.45, 2.75) is 6.42 Å². The zero-order chi connectivity index (χ0) is 12.5. The van der Waals surface area contributed by atoms with Crippen LogP contribution in [-0.2, 0) is 6.42 Å². The topological polar surface area (TPSA) is 28.7 Å². The van der Waals surface area contributed by atoms with Crippen molar-refractivity contribution in [3.8, 4) is 0 Å². The van der Waals surface area contributed by atoms with Crippen LogP contribution in [0.1, 0.15) is 11.4 Å². The molecule has 1 heterocycles. The number of aromatic amines is 1. The average Bonchev–Trinajstić information content (AvgIpc) is 2.79. The van der Waals surface area contributed by atoms with Gasteiger partial charge in [0.25, 0.3) is 0 Å². The first kappa shape index (κ1) is 11.6. The Kier molecular flexibility index (Phi) is 2.98. The van der Waals surface area contributed by atoms with Gasteiger partial charge < -0.3 is 4.98 Å². The summed E-state index contributed by atoms with van der Waals surface area (Å²) in [5.41, 5.74) is 2.85. The molecular weight excluding hydrogens is 267 g/mol. The summed E-state index contributed by atoms with van der Waals surface area (Å²) in [6.07, 6.45) is 0.753. The van der Waals surface area contributed by atoms with Gasteiger partial charge in [-0.3, -0.25) is 0 Å². The predicted molar refractivity (Wildman–Crippen MR) is 75.4 cm³/mol. The first-order valence-corrected chi connectivity index (χ1v) is 6.36. The third kappa shape index (κ3) is 2.09. The second-order valence-electron chi connectivity index (χ2n) is 4.10. The number of halogens is 2. The van der Waals surface area contributed by atoms with Crippen LogP contribution in [0.3, 0.4) is 0 Å². The molecule has 0 amide bonds. The lowest BCUT2D eigenvalue weighted by atomic mass is 10.1. The smallest absolute Gasteiger partial charge is 0.111 e. The van der Waals surface area contributed by atoms with Crippen molar-refractivity contribution in [3.05, 3.63) is 63.9 Å². The van der Waals surface area contributed by atoms with Gasteiger partial charge in [0.15, 0.2) is 0 Å². The maximum atomic E-state index is 6.13. The van der Waals surface area contributed by atoms with Crippen molar-refractivity contribution in [1.82, 2.24) is 9.97 Å². The van der Waals surface area contributed by atoms with Crippen molar-refractivity contribution < 1.29 is 0 Å². The summed E-state index contributed by atoms with van der Waals surface area (Å²) in [6.45, 7) is 0. The lowest BCUT2D eigenvalue weighted by Crippen LogP contribution is -1.89. The molecule has 1 N–H and O–H groups in total. The molecule has 2 nitrogen and oxygen atoms in total.